The Bertz CT molecular complexity index is 619. The van der Waals surface area contributed by atoms with Crippen molar-refractivity contribution in [2.24, 2.45) is 0 Å². The normalized spacial score (nSPS) is 14.1. The number of amides is 1. The van der Waals surface area contributed by atoms with E-state index < -0.39 is 12.1 Å². The zero-order chi connectivity index (χ0) is 17.5. The molecule has 1 amide bonds. The summed E-state index contributed by atoms with van der Waals surface area (Å²) in [5.74, 6) is -2.91. The topological polar surface area (TPSA) is 60.2 Å². The first kappa shape index (κ1) is 18.6. The maximum atomic E-state index is 12.1. The van der Waals surface area contributed by atoms with Crippen LogP contribution in [0.1, 0.15) is 30.1 Å². The van der Waals surface area contributed by atoms with Gasteiger partial charge in [-0.1, -0.05) is 31.2 Å². The quantitative estimate of drug-likeness (QED) is 0.780. The Morgan fingerprint density at radius 3 is 2.26 bits per heavy atom. The van der Waals surface area contributed by atoms with Gasteiger partial charge in [-0.2, -0.15) is 17.7 Å². The Balaban J connectivity index is 0.000000322. The van der Waals surface area contributed by atoms with E-state index in [9.17, 15) is 18.0 Å². The average Bonchev–Trinajstić information content (AvgIpc) is 2.54. The van der Waals surface area contributed by atoms with Crippen molar-refractivity contribution in [3.63, 3.8) is 0 Å². The van der Waals surface area contributed by atoms with Crippen LogP contribution < -0.4 is 5.11 Å². The largest absolute Gasteiger partial charge is 0.542 e. The molecular weight excluding hydrogens is 311 g/mol. The fourth-order valence-electron chi connectivity index (χ4n) is 1.85. The van der Waals surface area contributed by atoms with Crippen LogP contribution in [0, 0.1) is 0 Å². The molecule has 0 saturated heterocycles. The number of hydrogen-bond acceptors (Lipinski definition) is 3. The average molecular weight is 327 g/mol. The molecule has 0 aliphatic carbocycles. The molecule has 1 heterocycles. The predicted octanol–water partition coefficient (Wildman–Crippen LogP) is 1.95. The van der Waals surface area contributed by atoms with Crippen LogP contribution in [0.4, 0.5) is 13.2 Å². The van der Waals surface area contributed by atoms with E-state index in [1.807, 2.05) is 41.1 Å². The summed E-state index contributed by atoms with van der Waals surface area (Å²) in [6, 6.07) is 9.44. The Kier molecular flexibility index (Phi) is 6.68. The lowest BCUT2D eigenvalue weighted by Gasteiger charge is -2.06. The second-order valence-corrected chi connectivity index (χ2v) is 4.70. The molecule has 1 aromatic carbocycles. The summed E-state index contributed by atoms with van der Waals surface area (Å²) in [5.41, 5.74) is 2.01. The molecule has 0 aromatic heterocycles. The highest BCUT2D eigenvalue weighted by Gasteiger charge is 2.28. The van der Waals surface area contributed by atoms with Gasteiger partial charge in [0, 0.05) is 12.0 Å². The van der Waals surface area contributed by atoms with E-state index in [1.54, 1.807) is 0 Å². The highest BCUT2D eigenvalue weighted by molar-refractivity contribution is 5.92. The molecule has 124 valence electrons. The van der Waals surface area contributed by atoms with Crippen LogP contribution >= 0.6 is 0 Å². The van der Waals surface area contributed by atoms with Gasteiger partial charge < -0.3 is 9.90 Å². The molecule has 1 aliphatic rings. The van der Waals surface area contributed by atoms with Crippen LogP contribution in [-0.2, 0) is 4.79 Å². The zero-order valence-electron chi connectivity index (χ0n) is 12.5. The molecule has 23 heavy (non-hydrogen) atoms. The van der Waals surface area contributed by atoms with Crippen LogP contribution in [-0.4, -0.2) is 35.4 Å². The maximum Gasteiger partial charge on any atom is 0.430 e. The molecule has 0 fully saturated rings. The van der Waals surface area contributed by atoms with Gasteiger partial charge in [-0.3, -0.25) is 0 Å². The number of rotatable bonds is 2. The number of nitrogens with zero attached hydrogens (tertiary/aromatic N) is 1. The number of hydrogen-bond donors (Lipinski definition) is 0. The number of benzene rings is 1. The van der Waals surface area contributed by atoms with Gasteiger partial charge in [0.1, 0.15) is 5.97 Å². The van der Waals surface area contributed by atoms with E-state index in [4.69, 9.17) is 9.90 Å². The van der Waals surface area contributed by atoms with E-state index in [1.165, 1.54) is 5.57 Å². The number of carbonyl (C=O) groups excluding carboxylic acids is 2. The van der Waals surface area contributed by atoms with Gasteiger partial charge in [-0.15, -0.1) is 0 Å². The lowest BCUT2D eigenvalue weighted by atomic mass is 10.1. The minimum absolute atomic E-state index is 0.0969. The first-order chi connectivity index (χ1) is 10.8. The van der Waals surface area contributed by atoms with Crippen molar-refractivity contribution in [2.75, 3.05) is 6.54 Å². The molecule has 1 aromatic rings. The number of carbonyl (C=O) groups is 2. The molecular formula is C16H16F3NO3. The van der Waals surface area contributed by atoms with Crippen molar-refractivity contribution < 1.29 is 32.4 Å². The number of aliphatic carboxylic acids is 1. The van der Waals surface area contributed by atoms with Crippen LogP contribution in [0.3, 0.4) is 0 Å². The van der Waals surface area contributed by atoms with Crippen molar-refractivity contribution in [1.29, 1.82) is 0 Å². The Morgan fingerprint density at radius 1 is 1.22 bits per heavy atom. The molecule has 7 heteroatoms. The molecule has 0 unspecified atom stereocenters. The summed E-state index contributed by atoms with van der Waals surface area (Å²) in [5, 5.41) is 8.78. The number of carboxylic acid groups (broad SMARTS) is 1. The molecule has 0 spiro atoms. The maximum absolute atomic E-state index is 12.1. The molecule has 0 saturated carbocycles. The highest BCUT2D eigenvalue weighted by Crippen LogP contribution is 2.11. The molecule has 0 atom stereocenters. The second-order valence-electron chi connectivity index (χ2n) is 4.70. The second kappa shape index (κ2) is 8.26. The molecule has 0 bridgehead atoms. The smallest absolute Gasteiger partial charge is 0.430 e. The number of carboxylic acids is 1. The predicted molar refractivity (Wildman–Crippen MR) is 76.0 cm³/mol. The molecule has 0 radical (unpaired) electrons. The molecule has 0 N–H and O–H groups in total. The van der Waals surface area contributed by atoms with Crippen LogP contribution in [0.15, 0.2) is 42.0 Å². The fraction of sp³-hybridized carbons (Fsp3) is 0.312. The monoisotopic (exact) mass is 327 g/mol. The summed E-state index contributed by atoms with van der Waals surface area (Å²) in [6.07, 6.45) is 0.921. The van der Waals surface area contributed by atoms with Gasteiger partial charge >= 0.3 is 12.1 Å². The van der Waals surface area contributed by atoms with Crippen molar-refractivity contribution in [1.82, 2.24) is 0 Å². The van der Waals surface area contributed by atoms with Gasteiger partial charge in [0.15, 0.2) is 12.8 Å². The third-order valence-electron chi connectivity index (χ3n) is 3.02. The standard InChI is InChI=1S/C14H16NO.C2HF3O2/c1-2-12-7-6-10-15(11-12)14(16)13-8-4-3-5-9-13;3-2(4,5)1(6)7/h3-5,7-9,11H,2,6,10H2,1H3;(H,6,7)/q+1;/p-1. The number of alkyl halides is 3. The summed E-state index contributed by atoms with van der Waals surface area (Å²) >= 11 is 0. The van der Waals surface area contributed by atoms with Crippen molar-refractivity contribution in [2.45, 2.75) is 25.9 Å². The van der Waals surface area contributed by atoms with Crippen molar-refractivity contribution in [3.05, 3.63) is 47.5 Å². The van der Waals surface area contributed by atoms with Crippen LogP contribution in [0.25, 0.3) is 0 Å². The third-order valence-corrected chi connectivity index (χ3v) is 3.02. The molecule has 2 rings (SSSR count). The Hall–Kier alpha value is -2.44. The first-order valence-corrected chi connectivity index (χ1v) is 6.93. The van der Waals surface area contributed by atoms with E-state index in [0.29, 0.717) is 0 Å². The van der Waals surface area contributed by atoms with Crippen LogP contribution in [0.2, 0.25) is 0 Å². The lowest BCUT2D eigenvalue weighted by molar-refractivity contribution is -0.424. The SMILES string of the molecule is CCC1=CCC[N+](C(=O)c2ccccc2)=C1.O=C([O-])C(F)(F)F. The Labute approximate surface area is 131 Å². The van der Waals surface area contributed by atoms with Crippen molar-refractivity contribution >= 4 is 18.1 Å². The fourth-order valence-corrected chi connectivity index (χ4v) is 1.85. The third kappa shape index (κ3) is 6.06. The summed E-state index contributed by atoms with van der Waals surface area (Å²) in [6.45, 7) is 2.90. The van der Waals surface area contributed by atoms with Crippen molar-refractivity contribution in [3.8, 4) is 0 Å². The first-order valence-electron chi connectivity index (χ1n) is 6.93. The molecule has 4 nitrogen and oxygen atoms in total. The van der Waals surface area contributed by atoms with Crippen LogP contribution in [0.5, 0.6) is 0 Å². The van der Waals surface area contributed by atoms with E-state index in [-0.39, 0.29) is 5.91 Å². The summed E-state index contributed by atoms with van der Waals surface area (Å²) in [4.78, 5) is 20.9. The zero-order valence-corrected chi connectivity index (χ0v) is 12.5. The van der Waals surface area contributed by atoms with E-state index in [2.05, 4.69) is 13.0 Å². The lowest BCUT2D eigenvalue weighted by Crippen LogP contribution is -2.37. The number of allylic oxidation sites excluding steroid dienone is 1. The van der Waals surface area contributed by atoms with Gasteiger partial charge in [-0.05, 0) is 18.6 Å². The van der Waals surface area contributed by atoms with Gasteiger partial charge in [-0.25, -0.2) is 4.79 Å². The van der Waals surface area contributed by atoms with Gasteiger partial charge in [0.25, 0.3) is 0 Å². The summed E-state index contributed by atoms with van der Waals surface area (Å²) < 4.78 is 33.4. The Morgan fingerprint density at radius 2 is 1.78 bits per heavy atom. The summed E-state index contributed by atoms with van der Waals surface area (Å²) in [7, 11) is 0. The molecule has 1 aliphatic heterocycles. The van der Waals surface area contributed by atoms with Gasteiger partial charge in [0.05, 0.1) is 5.56 Å². The van der Waals surface area contributed by atoms with E-state index >= 15 is 0 Å². The van der Waals surface area contributed by atoms with E-state index in [0.717, 1.165) is 24.9 Å². The highest BCUT2D eigenvalue weighted by atomic mass is 19.4. The minimum Gasteiger partial charge on any atom is -0.542 e. The number of halogens is 3. The van der Waals surface area contributed by atoms with Gasteiger partial charge in [0.2, 0.25) is 0 Å². The minimum atomic E-state index is -5.19.